The van der Waals surface area contributed by atoms with Crippen molar-refractivity contribution in [3.63, 3.8) is 0 Å². The first kappa shape index (κ1) is 17.8. The number of ether oxygens (including phenoxy) is 1. The molecule has 2 aromatic heterocycles. The second-order valence-electron chi connectivity index (χ2n) is 6.49. The van der Waals surface area contributed by atoms with E-state index in [1.807, 2.05) is 0 Å². The van der Waals surface area contributed by atoms with Crippen molar-refractivity contribution in [1.82, 2.24) is 14.8 Å². The van der Waals surface area contributed by atoms with Crippen LogP contribution in [0.5, 0.6) is 0 Å². The molecule has 3 aromatic rings. The summed E-state index contributed by atoms with van der Waals surface area (Å²) in [5, 5.41) is 12.1. The number of thiophene rings is 1. The first-order valence-electron chi connectivity index (χ1n) is 9.11. The van der Waals surface area contributed by atoms with E-state index < -0.39 is 0 Å². The predicted octanol–water partition coefficient (Wildman–Crippen LogP) is 4.44. The second-order valence-corrected chi connectivity index (χ2v) is 8.51. The Bertz CT molecular complexity index is 796. The normalized spacial score (nSPS) is 17.0. The van der Waals surface area contributed by atoms with Crippen LogP contribution in [0.15, 0.2) is 53.0 Å². The Labute approximate surface area is 162 Å². The van der Waals surface area contributed by atoms with Crippen LogP contribution in [0, 0.1) is 0 Å². The summed E-state index contributed by atoms with van der Waals surface area (Å²) in [5.74, 6) is 2.01. The summed E-state index contributed by atoms with van der Waals surface area (Å²) < 4.78 is 8.06. The van der Waals surface area contributed by atoms with Gasteiger partial charge in [-0.15, -0.1) is 21.5 Å². The maximum Gasteiger partial charge on any atom is 0.191 e. The number of benzene rings is 1. The Morgan fingerprint density at radius 3 is 2.85 bits per heavy atom. The molecule has 26 heavy (non-hydrogen) atoms. The summed E-state index contributed by atoms with van der Waals surface area (Å²) in [6.45, 7) is 1.81. The van der Waals surface area contributed by atoms with E-state index in [4.69, 9.17) is 4.74 Å². The first-order valence-corrected chi connectivity index (χ1v) is 11.0. The van der Waals surface area contributed by atoms with Gasteiger partial charge in [-0.05, 0) is 36.3 Å². The number of thioether (sulfide) groups is 1. The van der Waals surface area contributed by atoms with Gasteiger partial charge in [-0.25, -0.2) is 0 Å². The van der Waals surface area contributed by atoms with Gasteiger partial charge in [0, 0.05) is 30.2 Å². The third kappa shape index (κ3) is 4.55. The fourth-order valence-corrected chi connectivity index (χ4v) is 4.93. The van der Waals surface area contributed by atoms with Gasteiger partial charge < -0.3 is 9.30 Å². The summed E-state index contributed by atoms with van der Waals surface area (Å²) in [6.07, 6.45) is 4.53. The molecule has 0 N–H and O–H groups in total. The fourth-order valence-electron chi connectivity index (χ4n) is 3.18. The highest BCUT2D eigenvalue weighted by molar-refractivity contribution is 7.99. The topological polar surface area (TPSA) is 39.9 Å². The van der Waals surface area contributed by atoms with E-state index in [0.717, 1.165) is 49.1 Å². The lowest BCUT2D eigenvalue weighted by Crippen LogP contribution is -2.11. The standard InChI is InChI=1S/C20H23N3OS2/c1-2-6-16(7-3-1)10-11-23-19(14-18-9-5-13-25-18)21-22-20(23)26-15-17-8-4-12-24-17/h1-3,5-7,9,13,17H,4,8,10-12,14-15H2. The van der Waals surface area contributed by atoms with Crippen molar-refractivity contribution in [1.29, 1.82) is 0 Å². The van der Waals surface area contributed by atoms with Gasteiger partial charge in [0.05, 0.1) is 6.10 Å². The van der Waals surface area contributed by atoms with Gasteiger partial charge in [0.25, 0.3) is 0 Å². The molecule has 6 heteroatoms. The van der Waals surface area contributed by atoms with Gasteiger partial charge in [-0.2, -0.15) is 0 Å². The van der Waals surface area contributed by atoms with Crippen molar-refractivity contribution in [2.75, 3.05) is 12.4 Å². The van der Waals surface area contributed by atoms with E-state index >= 15 is 0 Å². The molecule has 4 nitrogen and oxygen atoms in total. The number of hydrogen-bond acceptors (Lipinski definition) is 5. The van der Waals surface area contributed by atoms with Crippen molar-refractivity contribution < 1.29 is 4.74 Å². The molecular formula is C20H23N3OS2. The Kier molecular flexibility index (Phi) is 6.04. The van der Waals surface area contributed by atoms with Gasteiger partial charge in [0.2, 0.25) is 0 Å². The lowest BCUT2D eigenvalue weighted by Gasteiger charge is -2.12. The zero-order valence-electron chi connectivity index (χ0n) is 14.7. The Hall–Kier alpha value is -1.63. The zero-order chi connectivity index (χ0) is 17.6. The van der Waals surface area contributed by atoms with Gasteiger partial charge in [-0.3, -0.25) is 0 Å². The molecule has 0 bridgehead atoms. The molecule has 1 unspecified atom stereocenters. The third-order valence-corrected chi connectivity index (χ3v) is 6.57. The summed E-state index contributed by atoms with van der Waals surface area (Å²) >= 11 is 3.56. The van der Waals surface area contributed by atoms with Crippen LogP contribution in [0.25, 0.3) is 0 Å². The third-order valence-electron chi connectivity index (χ3n) is 4.60. The van der Waals surface area contributed by atoms with Gasteiger partial charge in [0.1, 0.15) is 5.82 Å². The summed E-state index contributed by atoms with van der Waals surface area (Å²) in [6, 6.07) is 14.9. The minimum atomic E-state index is 0.361. The molecular weight excluding hydrogens is 362 g/mol. The molecule has 0 radical (unpaired) electrons. The van der Waals surface area contributed by atoms with E-state index in [2.05, 4.69) is 62.6 Å². The maximum atomic E-state index is 5.76. The Morgan fingerprint density at radius 1 is 1.15 bits per heavy atom. The van der Waals surface area contributed by atoms with Crippen LogP contribution < -0.4 is 0 Å². The molecule has 0 spiro atoms. The summed E-state index contributed by atoms with van der Waals surface area (Å²) in [5.41, 5.74) is 1.35. The van der Waals surface area contributed by atoms with Crippen LogP contribution in [0.4, 0.5) is 0 Å². The lowest BCUT2D eigenvalue weighted by molar-refractivity contribution is 0.129. The fraction of sp³-hybridized carbons (Fsp3) is 0.400. The van der Waals surface area contributed by atoms with Crippen molar-refractivity contribution in [2.24, 2.45) is 0 Å². The van der Waals surface area contributed by atoms with E-state index in [-0.39, 0.29) is 0 Å². The van der Waals surface area contributed by atoms with Gasteiger partial charge in [-0.1, -0.05) is 48.2 Å². The lowest BCUT2D eigenvalue weighted by atomic mass is 10.1. The van der Waals surface area contributed by atoms with Crippen molar-refractivity contribution in [2.45, 2.75) is 43.5 Å². The molecule has 1 fully saturated rings. The monoisotopic (exact) mass is 385 g/mol. The molecule has 0 amide bonds. The molecule has 4 rings (SSSR count). The Balaban J connectivity index is 1.49. The molecule has 0 saturated carbocycles. The van der Waals surface area contributed by atoms with Crippen LogP contribution in [0.1, 0.15) is 29.1 Å². The van der Waals surface area contributed by atoms with Crippen LogP contribution >= 0.6 is 23.1 Å². The molecule has 1 aliphatic heterocycles. The zero-order valence-corrected chi connectivity index (χ0v) is 16.3. The van der Waals surface area contributed by atoms with E-state index in [0.29, 0.717) is 6.10 Å². The molecule has 1 aromatic carbocycles. The second kappa shape index (κ2) is 8.84. The highest BCUT2D eigenvalue weighted by atomic mass is 32.2. The van der Waals surface area contributed by atoms with Crippen LogP contribution in [0.2, 0.25) is 0 Å². The molecule has 1 aliphatic rings. The van der Waals surface area contributed by atoms with Crippen molar-refractivity contribution in [3.8, 4) is 0 Å². The van der Waals surface area contributed by atoms with Crippen molar-refractivity contribution in [3.05, 3.63) is 64.1 Å². The van der Waals surface area contributed by atoms with Crippen molar-refractivity contribution >= 4 is 23.1 Å². The molecule has 3 heterocycles. The van der Waals surface area contributed by atoms with Crippen LogP contribution in [-0.2, 0) is 24.1 Å². The number of hydrogen-bond donors (Lipinski definition) is 0. The minimum absolute atomic E-state index is 0.361. The molecule has 136 valence electrons. The number of aromatic nitrogens is 3. The number of aryl methyl sites for hydroxylation is 1. The summed E-state index contributed by atoms with van der Waals surface area (Å²) in [4.78, 5) is 1.33. The van der Waals surface area contributed by atoms with Gasteiger partial charge in [0.15, 0.2) is 5.16 Å². The molecule has 1 saturated heterocycles. The summed E-state index contributed by atoms with van der Waals surface area (Å²) in [7, 11) is 0. The van der Waals surface area contributed by atoms with E-state index in [1.54, 1.807) is 23.1 Å². The smallest absolute Gasteiger partial charge is 0.191 e. The SMILES string of the molecule is c1ccc(CCn2c(Cc3cccs3)nnc2SCC2CCCO2)cc1. The largest absolute Gasteiger partial charge is 0.377 e. The highest BCUT2D eigenvalue weighted by Crippen LogP contribution is 2.25. The maximum absolute atomic E-state index is 5.76. The average Bonchev–Trinajstić information content (AvgIpc) is 3.43. The molecule has 0 aliphatic carbocycles. The van der Waals surface area contributed by atoms with Gasteiger partial charge >= 0.3 is 0 Å². The van der Waals surface area contributed by atoms with Crippen LogP contribution in [-0.4, -0.2) is 33.2 Å². The highest BCUT2D eigenvalue weighted by Gasteiger charge is 2.19. The van der Waals surface area contributed by atoms with E-state index in [1.165, 1.54) is 16.9 Å². The average molecular weight is 386 g/mol. The number of rotatable bonds is 8. The minimum Gasteiger partial charge on any atom is -0.377 e. The van der Waals surface area contributed by atoms with Crippen LogP contribution in [0.3, 0.4) is 0 Å². The first-order chi connectivity index (χ1) is 12.9. The molecule has 1 atom stereocenters. The predicted molar refractivity (Wildman–Crippen MR) is 107 cm³/mol. The Morgan fingerprint density at radius 2 is 2.08 bits per heavy atom. The quantitative estimate of drug-likeness (QED) is 0.537. The number of nitrogens with zero attached hydrogens (tertiary/aromatic N) is 3. The van der Waals surface area contributed by atoms with E-state index in [9.17, 15) is 0 Å².